The number of pyridine rings is 1. The molecule has 106 valence electrons. The molecule has 0 radical (unpaired) electrons. The van der Waals surface area contributed by atoms with E-state index in [1.54, 1.807) is 17.5 Å². The van der Waals surface area contributed by atoms with Crippen LogP contribution in [-0.2, 0) is 5.41 Å². The number of hydrogen-bond acceptors (Lipinski definition) is 4. The van der Waals surface area contributed by atoms with Crippen LogP contribution in [0.15, 0.2) is 29.8 Å². The van der Waals surface area contributed by atoms with Gasteiger partial charge in [-0.15, -0.1) is 11.3 Å². The van der Waals surface area contributed by atoms with Crippen LogP contribution >= 0.6 is 23.6 Å². The van der Waals surface area contributed by atoms with E-state index in [9.17, 15) is 0 Å². The quantitative estimate of drug-likeness (QED) is 0.831. The Labute approximate surface area is 129 Å². The van der Waals surface area contributed by atoms with E-state index in [1.165, 1.54) is 4.88 Å². The second-order valence-electron chi connectivity index (χ2n) is 5.43. The lowest BCUT2D eigenvalue weighted by molar-refractivity contribution is 0.568. The fourth-order valence-corrected chi connectivity index (χ4v) is 3.17. The van der Waals surface area contributed by atoms with Crippen LogP contribution in [0.1, 0.15) is 29.9 Å². The maximum absolute atomic E-state index is 5.80. The fraction of sp³-hybridized carbons (Fsp3) is 0.333. The molecular formula is C15H19N3S2. The molecule has 5 heteroatoms. The van der Waals surface area contributed by atoms with Crippen molar-refractivity contribution in [2.45, 2.75) is 26.2 Å². The highest BCUT2D eigenvalue weighted by Crippen LogP contribution is 2.28. The van der Waals surface area contributed by atoms with Crippen LogP contribution in [0.5, 0.6) is 0 Å². The molecule has 3 nitrogen and oxygen atoms in total. The molecule has 2 aromatic heterocycles. The third kappa shape index (κ3) is 3.16. The lowest BCUT2D eigenvalue weighted by Gasteiger charge is -2.25. The Morgan fingerprint density at radius 3 is 2.80 bits per heavy atom. The zero-order valence-corrected chi connectivity index (χ0v) is 13.6. The Balaban J connectivity index is 2.20. The Morgan fingerprint density at radius 2 is 2.20 bits per heavy atom. The van der Waals surface area contributed by atoms with Gasteiger partial charge in [-0.25, -0.2) is 4.98 Å². The number of aryl methyl sites for hydroxylation is 1. The molecule has 0 aliphatic carbocycles. The molecule has 2 aromatic rings. The van der Waals surface area contributed by atoms with Crippen molar-refractivity contribution in [2.75, 3.05) is 11.9 Å². The number of nitrogens with zero attached hydrogens (tertiary/aromatic N) is 1. The minimum atomic E-state index is 0.0348. The lowest BCUT2D eigenvalue weighted by atomic mass is 9.91. The molecule has 0 bridgehead atoms. The second kappa shape index (κ2) is 5.89. The zero-order chi connectivity index (χ0) is 14.8. The third-order valence-corrected chi connectivity index (χ3v) is 4.73. The summed E-state index contributed by atoms with van der Waals surface area (Å²) in [6.45, 7) is 7.19. The monoisotopic (exact) mass is 305 g/mol. The van der Waals surface area contributed by atoms with Gasteiger partial charge in [0.1, 0.15) is 10.8 Å². The SMILES string of the molecule is Cc1ccnc(NCC(C)(C)c2cccs2)c1C(N)=S. The van der Waals surface area contributed by atoms with E-state index in [4.69, 9.17) is 18.0 Å². The number of nitrogens with one attached hydrogen (secondary N) is 1. The number of hydrogen-bond donors (Lipinski definition) is 2. The summed E-state index contributed by atoms with van der Waals surface area (Å²) in [5.74, 6) is 0.766. The van der Waals surface area contributed by atoms with Gasteiger partial charge in [-0.2, -0.15) is 0 Å². The number of thiophene rings is 1. The molecule has 0 saturated carbocycles. The fourth-order valence-electron chi connectivity index (χ4n) is 2.06. The van der Waals surface area contributed by atoms with Gasteiger partial charge in [-0.3, -0.25) is 0 Å². The second-order valence-corrected chi connectivity index (χ2v) is 6.82. The summed E-state index contributed by atoms with van der Waals surface area (Å²) in [5.41, 5.74) is 7.72. The molecule has 2 heterocycles. The number of aromatic nitrogens is 1. The molecule has 0 spiro atoms. The van der Waals surface area contributed by atoms with Gasteiger partial charge in [-0.1, -0.05) is 32.1 Å². The summed E-state index contributed by atoms with van der Waals surface area (Å²) in [7, 11) is 0. The summed E-state index contributed by atoms with van der Waals surface area (Å²) >= 11 is 6.89. The first-order valence-corrected chi connectivity index (χ1v) is 7.74. The Bertz CT molecular complexity index is 604. The molecule has 20 heavy (non-hydrogen) atoms. The molecule has 0 aliphatic heterocycles. The van der Waals surface area contributed by atoms with E-state index >= 15 is 0 Å². The average Bonchev–Trinajstić information content (AvgIpc) is 2.90. The number of thiocarbonyl (C=S) groups is 1. The van der Waals surface area contributed by atoms with E-state index < -0.39 is 0 Å². The van der Waals surface area contributed by atoms with Gasteiger partial charge in [0, 0.05) is 23.0 Å². The van der Waals surface area contributed by atoms with Crippen LogP contribution in [-0.4, -0.2) is 16.5 Å². The third-order valence-electron chi connectivity index (χ3n) is 3.29. The maximum atomic E-state index is 5.80. The first kappa shape index (κ1) is 14.9. The van der Waals surface area contributed by atoms with Crippen molar-refractivity contribution in [1.82, 2.24) is 4.98 Å². The van der Waals surface area contributed by atoms with Crippen LogP contribution in [0.3, 0.4) is 0 Å². The summed E-state index contributed by atoms with van der Waals surface area (Å²) < 4.78 is 0. The topological polar surface area (TPSA) is 50.9 Å². The molecule has 0 unspecified atom stereocenters. The van der Waals surface area contributed by atoms with Crippen molar-refractivity contribution in [3.05, 3.63) is 45.8 Å². The van der Waals surface area contributed by atoms with E-state index in [0.717, 1.165) is 23.5 Å². The minimum Gasteiger partial charge on any atom is -0.389 e. The standard InChI is InChI=1S/C15H19N3S2/c1-10-6-7-17-14(12(10)13(16)19)18-9-15(2,3)11-5-4-8-20-11/h4-8H,9H2,1-3H3,(H2,16,19)(H,17,18). The van der Waals surface area contributed by atoms with Crippen LogP contribution in [0.2, 0.25) is 0 Å². The molecular weight excluding hydrogens is 286 g/mol. The highest BCUT2D eigenvalue weighted by atomic mass is 32.1. The van der Waals surface area contributed by atoms with Crippen LogP contribution in [0.4, 0.5) is 5.82 Å². The molecule has 3 N–H and O–H groups in total. The van der Waals surface area contributed by atoms with Crippen molar-refractivity contribution < 1.29 is 0 Å². The number of anilines is 1. The van der Waals surface area contributed by atoms with Gasteiger partial charge < -0.3 is 11.1 Å². The van der Waals surface area contributed by atoms with Crippen LogP contribution in [0.25, 0.3) is 0 Å². The predicted octanol–water partition coefficient (Wildman–Crippen LogP) is 3.48. The largest absolute Gasteiger partial charge is 0.389 e. The van der Waals surface area contributed by atoms with Crippen molar-refractivity contribution in [3.8, 4) is 0 Å². The molecule has 0 amide bonds. The van der Waals surface area contributed by atoms with Crippen molar-refractivity contribution in [2.24, 2.45) is 5.73 Å². The molecule has 0 saturated heterocycles. The highest BCUT2D eigenvalue weighted by molar-refractivity contribution is 7.80. The summed E-state index contributed by atoms with van der Waals surface area (Å²) in [6.07, 6.45) is 1.78. The summed E-state index contributed by atoms with van der Waals surface area (Å²) in [6, 6.07) is 6.15. The average molecular weight is 305 g/mol. The minimum absolute atomic E-state index is 0.0348. The Morgan fingerprint density at radius 1 is 1.45 bits per heavy atom. The molecule has 0 aliphatic rings. The number of rotatable bonds is 5. The Hall–Kier alpha value is -1.46. The van der Waals surface area contributed by atoms with Crippen molar-refractivity contribution in [1.29, 1.82) is 0 Å². The highest BCUT2D eigenvalue weighted by Gasteiger charge is 2.22. The van der Waals surface area contributed by atoms with Gasteiger partial charge >= 0.3 is 0 Å². The van der Waals surface area contributed by atoms with Crippen LogP contribution in [0, 0.1) is 6.92 Å². The molecule has 2 rings (SSSR count). The summed E-state index contributed by atoms with van der Waals surface area (Å²) in [5, 5.41) is 5.49. The normalized spacial score (nSPS) is 11.3. The van der Waals surface area contributed by atoms with E-state index in [-0.39, 0.29) is 5.41 Å². The van der Waals surface area contributed by atoms with E-state index in [2.05, 4.69) is 41.7 Å². The predicted molar refractivity (Wildman–Crippen MR) is 90.7 cm³/mol. The smallest absolute Gasteiger partial charge is 0.136 e. The lowest BCUT2D eigenvalue weighted by Crippen LogP contribution is -2.28. The van der Waals surface area contributed by atoms with Gasteiger partial charge in [0.25, 0.3) is 0 Å². The van der Waals surface area contributed by atoms with Gasteiger partial charge in [-0.05, 0) is 30.0 Å². The zero-order valence-electron chi connectivity index (χ0n) is 11.9. The summed E-state index contributed by atoms with van der Waals surface area (Å²) in [4.78, 5) is 6.09. The van der Waals surface area contributed by atoms with Gasteiger partial charge in [0.2, 0.25) is 0 Å². The maximum Gasteiger partial charge on any atom is 0.136 e. The number of nitrogens with two attached hydrogens (primary N) is 1. The molecule has 0 aromatic carbocycles. The first-order chi connectivity index (χ1) is 9.42. The van der Waals surface area contributed by atoms with Gasteiger partial charge in [0.05, 0.1) is 5.56 Å². The first-order valence-electron chi connectivity index (χ1n) is 6.45. The van der Waals surface area contributed by atoms with Crippen molar-refractivity contribution >= 4 is 34.4 Å². The van der Waals surface area contributed by atoms with Crippen molar-refractivity contribution in [3.63, 3.8) is 0 Å². The van der Waals surface area contributed by atoms with E-state index in [1.807, 2.05) is 13.0 Å². The molecule has 0 atom stereocenters. The molecule has 0 fully saturated rings. The van der Waals surface area contributed by atoms with Crippen LogP contribution < -0.4 is 11.1 Å². The van der Waals surface area contributed by atoms with Gasteiger partial charge in [0.15, 0.2) is 0 Å². The Kier molecular flexibility index (Phi) is 4.40. The van der Waals surface area contributed by atoms with E-state index in [0.29, 0.717) is 4.99 Å².